The first-order chi connectivity index (χ1) is 7.86. The smallest absolute Gasteiger partial charge is 0.137 e. The van der Waals surface area contributed by atoms with Crippen molar-refractivity contribution in [2.24, 2.45) is 0 Å². The SMILES string of the molecule is Sc1ccc(-c2ncc[nH]2)c2ccccc12. The third-order valence-electron chi connectivity index (χ3n) is 2.65. The van der Waals surface area contributed by atoms with Crippen LogP contribution in [0, 0.1) is 0 Å². The molecule has 2 aromatic carbocycles. The zero-order valence-electron chi connectivity index (χ0n) is 8.51. The largest absolute Gasteiger partial charge is 0.345 e. The molecule has 3 rings (SSSR count). The molecule has 1 heterocycles. The zero-order valence-corrected chi connectivity index (χ0v) is 9.41. The van der Waals surface area contributed by atoms with Crippen LogP contribution in [0.3, 0.4) is 0 Å². The molecule has 0 radical (unpaired) electrons. The highest BCUT2D eigenvalue weighted by molar-refractivity contribution is 7.80. The maximum atomic E-state index is 4.46. The molecule has 3 aromatic rings. The summed E-state index contributed by atoms with van der Waals surface area (Å²) in [4.78, 5) is 8.41. The Labute approximate surface area is 98.8 Å². The van der Waals surface area contributed by atoms with E-state index in [1.54, 1.807) is 6.20 Å². The summed E-state index contributed by atoms with van der Waals surface area (Å²) >= 11 is 4.46. The molecule has 0 aliphatic rings. The minimum Gasteiger partial charge on any atom is -0.345 e. The van der Waals surface area contributed by atoms with Gasteiger partial charge in [0, 0.05) is 22.9 Å². The van der Waals surface area contributed by atoms with Crippen LogP contribution in [0.4, 0.5) is 0 Å². The lowest BCUT2D eigenvalue weighted by Gasteiger charge is -2.06. The summed E-state index contributed by atoms with van der Waals surface area (Å²) in [6.45, 7) is 0. The average Bonchev–Trinajstić information content (AvgIpc) is 2.83. The second-order valence-electron chi connectivity index (χ2n) is 3.62. The third kappa shape index (κ3) is 1.41. The first kappa shape index (κ1) is 9.48. The predicted molar refractivity (Wildman–Crippen MR) is 68.8 cm³/mol. The van der Waals surface area contributed by atoms with Crippen molar-refractivity contribution < 1.29 is 0 Å². The normalized spacial score (nSPS) is 10.8. The Morgan fingerprint density at radius 1 is 1.00 bits per heavy atom. The van der Waals surface area contributed by atoms with E-state index in [0.717, 1.165) is 21.7 Å². The monoisotopic (exact) mass is 226 g/mol. The molecule has 0 unspecified atom stereocenters. The number of H-pyrrole nitrogens is 1. The van der Waals surface area contributed by atoms with E-state index in [1.807, 2.05) is 30.5 Å². The quantitative estimate of drug-likeness (QED) is 0.611. The maximum absolute atomic E-state index is 4.46. The van der Waals surface area contributed by atoms with Crippen molar-refractivity contribution in [3.05, 3.63) is 48.8 Å². The Morgan fingerprint density at radius 3 is 2.56 bits per heavy atom. The van der Waals surface area contributed by atoms with E-state index >= 15 is 0 Å². The summed E-state index contributed by atoms with van der Waals surface area (Å²) in [5, 5.41) is 2.32. The molecule has 0 fully saturated rings. The van der Waals surface area contributed by atoms with Gasteiger partial charge in [0.2, 0.25) is 0 Å². The van der Waals surface area contributed by atoms with E-state index in [0.29, 0.717) is 0 Å². The zero-order chi connectivity index (χ0) is 11.0. The number of aromatic nitrogens is 2. The van der Waals surface area contributed by atoms with Crippen LogP contribution in [-0.4, -0.2) is 9.97 Å². The van der Waals surface area contributed by atoms with Gasteiger partial charge in [-0.25, -0.2) is 4.98 Å². The van der Waals surface area contributed by atoms with Crippen molar-refractivity contribution in [2.75, 3.05) is 0 Å². The number of hydrogen-bond acceptors (Lipinski definition) is 2. The van der Waals surface area contributed by atoms with Gasteiger partial charge in [0.25, 0.3) is 0 Å². The van der Waals surface area contributed by atoms with E-state index in [1.165, 1.54) is 5.39 Å². The molecule has 0 aliphatic carbocycles. The molecule has 0 saturated carbocycles. The average molecular weight is 226 g/mol. The molecule has 2 nitrogen and oxygen atoms in total. The number of benzene rings is 2. The van der Waals surface area contributed by atoms with Gasteiger partial charge in [-0.1, -0.05) is 24.3 Å². The van der Waals surface area contributed by atoms with Gasteiger partial charge in [-0.2, -0.15) is 0 Å². The van der Waals surface area contributed by atoms with Crippen molar-refractivity contribution in [3.8, 4) is 11.4 Å². The van der Waals surface area contributed by atoms with Crippen LogP contribution in [0.5, 0.6) is 0 Å². The number of rotatable bonds is 1. The van der Waals surface area contributed by atoms with Gasteiger partial charge >= 0.3 is 0 Å². The fraction of sp³-hybridized carbons (Fsp3) is 0. The fourth-order valence-corrected chi connectivity index (χ4v) is 2.17. The number of aromatic amines is 1. The summed E-state index contributed by atoms with van der Waals surface area (Å²) in [6.07, 6.45) is 3.59. The molecular formula is C13H10N2S. The first-order valence-electron chi connectivity index (χ1n) is 5.07. The van der Waals surface area contributed by atoms with Crippen LogP contribution in [0.2, 0.25) is 0 Å². The van der Waals surface area contributed by atoms with Crippen molar-refractivity contribution >= 4 is 23.4 Å². The van der Waals surface area contributed by atoms with Gasteiger partial charge in [0.05, 0.1) is 0 Å². The predicted octanol–water partition coefficient (Wildman–Crippen LogP) is 3.52. The second kappa shape index (κ2) is 3.68. The molecule has 0 aliphatic heterocycles. The minimum absolute atomic E-state index is 0.893. The highest BCUT2D eigenvalue weighted by Gasteiger charge is 2.06. The molecule has 78 valence electrons. The number of nitrogens with one attached hydrogen (secondary N) is 1. The van der Waals surface area contributed by atoms with E-state index < -0.39 is 0 Å². The number of nitrogens with zero attached hydrogens (tertiary/aromatic N) is 1. The lowest BCUT2D eigenvalue weighted by atomic mass is 10.0. The van der Waals surface area contributed by atoms with Crippen LogP contribution in [0.1, 0.15) is 0 Å². The Morgan fingerprint density at radius 2 is 1.81 bits per heavy atom. The maximum Gasteiger partial charge on any atom is 0.137 e. The summed E-state index contributed by atoms with van der Waals surface area (Å²) in [6, 6.07) is 12.3. The van der Waals surface area contributed by atoms with Crippen molar-refractivity contribution in [1.29, 1.82) is 0 Å². The van der Waals surface area contributed by atoms with Crippen molar-refractivity contribution in [3.63, 3.8) is 0 Å². The Hall–Kier alpha value is -1.74. The van der Waals surface area contributed by atoms with Crippen LogP contribution >= 0.6 is 12.6 Å². The highest BCUT2D eigenvalue weighted by Crippen LogP contribution is 2.30. The summed E-state index contributed by atoms with van der Waals surface area (Å²) in [5.41, 5.74) is 1.11. The summed E-state index contributed by atoms with van der Waals surface area (Å²) in [7, 11) is 0. The van der Waals surface area contributed by atoms with E-state index in [-0.39, 0.29) is 0 Å². The van der Waals surface area contributed by atoms with E-state index in [9.17, 15) is 0 Å². The fourth-order valence-electron chi connectivity index (χ4n) is 1.90. The second-order valence-corrected chi connectivity index (χ2v) is 4.10. The highest BCUT2D eigenvalue weighted by atomic mass is 32.1. The number of hydrogen-bond donors (Lipinski definition) is 2. The number of imidazole rings is 1. The van der Waals surface area contributed by atoms with Gasteiger partial charge in [0.1, 0.15) is 5.82 Å². The van der Waals surface area contributed by atoms with Crippen LogP contribution in [0.25, 0.3) is 22.2 Å². The molecule has 1 N–H and O–H groups in total. The van der Waals surface area contributed by atoms with Crippen molar-refractivity contribution in [2.45, 2.75) is 4.90 Å². The van der Waals surface area contributed by atoms with Gasteiger partial charge in [-0.3, -0.25) is 0 Å². The van der Waals surface area contributed by atoms with Gasteiger partial charge in [-0.05, 0) is 22.9 Å². The molecule has 0 saturated heterocycles. The Kier molecular flexibility index (Phi) is 2.18. The Balaban J connectivity index is 2.39. The molecule has 16 heavy (non-hydrogen) atoms. The topological polar surface area (TPSA) is 28.7 Å². The van der Waals surface area contributed by atoms with Crippen LogP contribution in [-0.2, 0) is 0 Å². The van der Waals surface area contributed by atoms with E-state index in [2.05, 4.69) is 34.7 Å². The Bertz CT molecular complexity index is 629. The summed E-state index contributed by atoms with van der Waals surface area (Å²) < 4.78 is 0. The molecule has 0 spiro atoms. The van der Waals surface area contributed by atoms with Gasteiger partial charge in [-0.15, -0.1) is 12.6 Å². The molecule has 0 amide bonds. The first-order valence-corrected chi connectivity index (χ1v) is 5.51. The molecule has 1 aromatic heterocycles. The van der Waals surface area contributed by atoms with E-state index in [4.69, 9.17) is 0 Å². The molecule has 0 bridgehead atoms. The number of fused-ring (bicyclic) bond motifs is 1. The molecule has 0 atom stereocenters. The number of thiol groups is 1. The summed E-state index contributed by atoms with van der Waals surface area (Å²) in [5.74, 6) is 0.893. The lowest BCUT2D eigenvalue weighted by molar-refractivity contribution is 1.31. The molecular weight excluding hydrogens is 216 g/mol. The lowest BCUT2D eigenvalue weighted by Crippen LogP contribution is -1.84. The van der Waals surface area contributed by atoms with Crippen LogP contribution in [0.15, 0.2) is 53.7 Å². The standard InChI is InChI=1S/C13H10N2S/c16-12-6-5-11(13-14-7-8-15-13)9-3-1-2-4-10(9)12/h1-8,16H,(H,14,15). The minimum atomic E-state index is 0.893. The van der Waals surface area contributed by atoms with Crippen LogP contribution < -0.4 is 0 Å². The van der Waals surface area contributed by atoms with Crippen molar-refractivity contribution in [1.82, 2.24) is 9.97 Å². The van der Waals surface area contributed by atoms with Gasteiger partial charge < -0.3 is 4.98 Å². The molecule has 3 heteroatoms. The third-order valence-corrected chi connectivity index (χ3v) is 3.04. The van der Waals surface area contributed by atoms with Gasteiger partial charge in [0.15, 0.2) is 0 Å².